The first kappa shape index (κ1) is 18.0. The number of anilines is 2. The van der Waals surface area contributed by atoms with Gasteiger partial charge in [0.1, 0.15) is 12.7 Å². The molecule has 3 aromatic rings. The van der Waals surface area contributed by atoms with Crippen LogP contribution in [0.3, 0.4) is 0 Å². The predicted octanol–water partition coefficient (Wildman–Crippen LogP) is 2.76. The number of nitrogens with zero attached hydrogens (tertiary/aromatic N) is 4. The van der Waals surface area contributed by atoms with Crippen LogP contribution in [0.25, 0.3) is 0 Å². The van der Waals surface area contributed by atoms with Gasteiger partial charge in [0.25, 0.3) is 5.91 Å². The number of amides is 3. The Labute approximate surface area is 166 Å². The molecule has 142 valence electrons. The lowest BCUT2D eigenvalue weighted by atomic mass is 10.1. The van der Waals surface area contributed by atoms with Crippen molar-refractivity contribution in [1.29, 1.82) is 0 Å². The van der Waals surface area contributed by atoms with E-state index in [1.165, 1.54) is 11.2 Å². The largest absolute Gasteiger partial charge is 0.336 e. The predicted molar refractivity (Wildman–Crippen MR) is 106 cm³/mol. The molecule has 9 heteroatoms. The van der Waals surface area contributed by atoms with Crippen molar-refractivity contribution in [3.05, 3.63) is 71.3 Å². The molecule has 1 saturated heterocycles. The molecule has 2 heterocycles. The summed E-state index contributed by atoms with van der Waals surface area (Å²) in [7, 11) is 0. The number of hydrogen-bond donors (Lipinski definition) is 2. The van der Waals surface area contributed by atoms with Gasteiger partial charge in [-0.3, -0.25) is 9.69 Å². The molecule has 0 atom stereocenters. The number of rotatable bonds is 5. The topological polar surface area (TPSA) is 92.2 Å². The molecule has 1 aliphatic heterocycles. The Kier molecular flexibility index (Phi) is 4.94. The molecule has 0 unspecified atom stereocenters. The second-order valence-electron chi connectivity index (χ2n) is 6.29. The molecule has 0 radical (unpaired) electrons. The molecule has 1 aromatic heterocycles. The number of benzene rings is 2. The van der Waals surface area contributed by atoms with Crippen molar-refractivity contribution in [3.8, 4) is 0 Å². The number of aromatic nitrogens is 3. The highest BCUT2D eigenvalue weighted by Crippen LogP contribution is 2.28. The van der Waals surface area contributed by atoms with Crippen molar-refractivity contribution in [2.45, 2.75) is 6.54 Å². The second-order valence-corrected chi connectivity index (χ2v) is 6.70. The van der Waals surface area contributed by atoms with Crippen molar-refractivity contribution in [1.82, 2.24) is 20.1 Å². The SMILES string of the molecule is O=C(Nc1ccc(Cn2cncn2)cc1)c1ccc(Cl)c(N2CCNC2=O)c1. The van der Waals surface area contributed by atoms with Gasteiger partial charge in [-0.15, -0.1) is 0 Å². The first-order chi connectivity index (χ1) is 13.6. The van der Waals surface area contributed by atoms with Gasteiger partial charge in [0.05, 0.1) is 17.3 Å². The molecule has 28 heavy (non-hydrogen) atoms. The van der Waals surface area contributed by atoms with E-state index in [1.54, 1.807) is 29.2 Å². The lowest BCUT2D eigenvalue weighted by Gasteiger charge is -2.17. The zero-order valence-corrected chi connectivity index (χ0v) is 15.6. The van der Waals surface area contributed by atoms with Gasteiger partial charge in [-0.05, 0) is 35.9 Å². The van der Waals surface area contributed by atoms with E-state index in [0.717, 1.165) is 5.56 Å². The van der Waals surface area contributed by atoms with Crippen molar-refractivity contribution < 1.29 is 9.59 Å². The molecule has 0 spiro atoms. The Morgan fingerprint density at radius 3 is 2.71 bits per heavy atom. The maximum Gasteiger partial charge on any atom is 0.322 e. The van der Waals surface area contributed by atoms with Crippen LogP contribution >= 0.6 is 11.6 Å². The summed E-state index contributed by atoms with van der Waals surface area (Å²) in [6.45, 7) is 1.66. The van der Waals surface area contributed by atoms with Crippen LogP contribution in [-0.4, -0.2) is 39.8 Å². The average Bonchev–Trinajstić information content (AvgIpc) is 3.35. The normalized spacial score (nSPS) is 13.5. The molecule has 8 nitrogen and oxygen atoms in total. The Morgan fingerprint density at radius 1 is 1.21 bits per heavy atom. The molecule has 4 rings (SSSR count). The van der Waals surface area contributed by atoms with Crippen LogP contribution in [0.15, 0.2) is 55.1 Å². The fraction of sp³-hybridized carbons (Fsp3) is 0.158. The smallest absolute Gasteiger partial charge is 0.322 e. The van der Waals surface area contributed by atoms with E-state index in [-0.39, 0.29) is 11.9 Å². The van der Waals surface area contributed by atoms with Gasteiger partial charge < -0.3 is 10.6 Å². The van der Waals surface area contributed by atoms with Crippen molar-refractivity contribution in [2.75, 3.05) is 23.3 Å². The zero-order valence-electron chi connectivity index (χ0n) is 14.8. The highest BCUT2D eigenvalue weighted by molar-refractivity contribution is 6.34. The zero-order chi connectivity index (χ0) is 19.5. The number of carbonyl (C=O) groups excluding carboxylic acids is 2. The molecule has 2 aromatic carbocycles. The van der Waals surface area contributed by atoms with Gasteiger partial charge in [0, 0.05) is 24.3 Å². The average molecular weight is 397 g/mol. The van der Waals surface area contributed by atoms with E-state index < -0.39 is 0 Å². The van der Waals surface area contributed by atoms with Crippen molar-refractivity contribution in [3.63, 3.8) is 0 Å². The minimum absolute atomic E-state index is 0.220. The summed E-state index contributed by atoms with van der Waals surface area (Å²) in [5, 5.41) is 10.1. The summed E-state index contributed by atoms with van der Waals surface area (Å²) < 4.78 is 1.72. The molecule has 0 saturated carbocycles. The van der Waals surface area contributed by atoms with Gasteiger partial charge in [-0.25, -0.2) is 14.5 Å². The maximum atomic E-state index is 12.6. The number of carbonyl (C=O) groups is 2. The number of hydrogen-bond acceptors (Lipinski definition) is 4. The van der Waals surface area contributed by atoms with E-state index in [4.69, 9.17) is 11.6 Å². The van der Waals surface area contributed by atoms with Crippen LogP contribution in [-0.2, 0) is 6.54 Å². The Balaban J connectivity index is 1.47. The van der Waals surface area contributed by atoms with Crippen molar-refractivity contribution in [2.24, 2.45) is 0 Å². The lowest BCUT2D eigenvalue weighted by Crippen LogP contribution is -2.28. The quantitative estimate of drug-likeness (QED) is 0.693. The molecular weight excluding hydrogens is 380 g/mol. The first-order valence-corrected chi connectivity index (χ1v) is 9.05. The standard InChI is InChI=1S/C19H17ClN6O2/c20-16-6-3-14(9-17(16)26-8-7-22-19(26)28)18(27)24-15-4-1-13(2-5-15)10-25-12-21-11-23-25/h1-6,9,11-12H,7-8,10H2,(H,22,28)(H,24,27). The summed E-state index contributed by atoms with van der Waals surface area (Å²) >= 11 is 6.22. The summed E-state index contributed by atoms with van der Waals surface area (Å²) in [5.41, 5.74) is 2.65. The van der Waals surface area contributed by atoms with Gasteiger partial charge >= 0.3 is 6.03 Å². The molecule has 1 fully saturated rings. The fourth-order valence-electron chi connectivity index (χ4n) is 2.96. The molecule has 0 bridgehead atoms. The van der Waals surface area contributed by atoms with Crippen molar-refractivity contribution >= 4 is 34.9 Å². The van der Waals surface area contributed by atoms with Gasteiger partial charge in [0.2, 0.25) is 0 Å². The molecule has 1 aliphatic rings. The van der Waals surface area contributed by atoms with Crippen LogP contribution in [0.5, 0.6) is 0 Å². The Hall–Kier alpha value is -3.39. The minimum Gasteiger partial charge on any atom is -0.336 e. The Bertz CT molecular complexity index is 1000. The fourth-order valence-corrected chi connectivity index (χ4v) is 3.18. The summed E-state index contributed by atoms with van der Waals surface area (Å²) in [6.07, 6.45) is 3.13. The third-order valence-corrected chi connectivity index (χ3v) is 4.70. The molecular formula is C19H17ClN6O2. The highest BCUT2D eigenvalue weighted by atomic mass is 35.5. The summed E-state index contributed by atoms with van der Waals surface area (Å²) in [5.74, 6) is -0.276. The van der Waals surface area contributed by atoms with Crippen LogP contribution in [0.2, 0.25) is 5.02 Å². The minimum atomic E-state index is -0.276. The van der Waals surface area contributed by atoms with Gasteiger partial charge in [0.15, 0.2) is 0 Å². The van der Waals surface area contributed by atoms with Crippen LogP contribution in [0.4, 0.5) is 16.2 Å². The molecule has 3 amide bonds. The van der Waals surface area contributed by atoms with E-state index >= 15 is 0 Å². The Morgan fingerprint density at radius 2 is 2.04 bits per heavy atom. The van der Waals surface area contributed by atoms with Gasteiger partial charge in [-0.1, -0.05) is 23.7 Å². The van der Waals surface area contributed by atoms with E-state index in [2.05, 4.69) is 20.7 Å². The third-order valence-electron chi connectivity index (χ3n) is 4.38. The van der Waals surface area contributed by atoms with Gasteiger partial charge in [-0.2, -0.15) is 5.10 Å². The highest BCUT2D eigenvalue weighted by Gasteiger charge is 2.24. The summed E-state index contributed by atoms with van der Waals surface area (Å²) in [4.78, 5) is 29.9. The summed E-state index contributed by atoms with van der Waals surface area (Å²) in [6, 6.07) is 12.2. The first-order valence-electron chi connectivity index (χ1n) is 8.68. The third kappa shape index (κ3) is 3.81. The van der Waals surface area contributed by atoms with E-state index in [0.29, 0.717) is 41.6 Å². The number of halogens is 1. The second kappa shape index (κ2) is 7.69. The lowest BCUT2D eigenvalue weighted by molar-refractivity contribution is 0.102. The number of urea groups is 1. The molecule has 0 aliphatic carbocycles. The number of nitrogens with one attached hydrogen (secondary N) is 2. The molecule has 2 N–H and O–H groups in total. The van der Waals surface area contributed by atoms with Crippen LogP contribution < -0.4 is 15.5 Å². The van der Waals surface area contributed by atoms with Crippen LogP contribution in [0, 0.1) is 0 Å². The monoisotopic (exact) mass is 396 g/mol. The maximum absolute atomic E-state index is 12.6. The van der Waals surface area contributed by atoms with E-state index in [9.17, 15) is 9.59 Å². The van der Waals surface area contributed by atoms with E-state index in [1.807, 2.05) is 24.3 Å². The van der Waals surface area contributed by atoms with Crippen LogP contribution in [0.1, 0.15) is 15.9 Å².